The Labute approximate surface area is 68.6 Å². The third kappa shape index (κ3) is 7.33. The summed E-state index contributed by atoms with van der Waals surface area (Å²) in [5.41, 5.74) is 5.35. The van der Waals surface area contributed by atoms with E-state index in [4.69, 9.17) is 10.6 Å². The quantitative estimate of drug-likeness (QED) is 0.500. The molecular weight excluding hydrogens is 140 g/mol. The van der Waals surface area contributed by atoms with Gasteiger partial charge in [-0.05, 0) is 27.2 Å². The summed E-state index contributed by atoms with van der Waals surface area (Å²) in [6, 6.07) is 0.0114. The number of nitrogens with two attached hydrogens (primary N) is 1. The van der Waals surface area contributed by atoms with Gasteiger partial charge in [0.25, 0.3) is 0 Å². The minimum Gasteiger partial charge on any atom is -0.390 e. The second-order valence-electron chi connectivity index (χ2n) is 3.53. The van der Waals surface area contributed by atoms with Gasteiger partial charge in [0.2, 0.25) is 0 Å². The maximum Gasteiger partial charge on any atom is 0.129 e. The van der Waals surface area contributed by atoms with E-state index in [2.05, 4.69) is 5.16 Å². The van der Waals surface area contributed by atoms with E-state index in [1.54, 1.807) is 6.21 Å². The van der Waals surface area contributed by atoms with E-state index in [9.17, 15) is 0 Å². The number of hydrogen-bond donors (Lipinski definition) is 1. The van der Waals surface area contributed by atoms with Crippen molar-refractivity contribution in [3.63, 3.8) is 0 Å². The summed E-state index contributed by atoms with van der Waals surface area (Å²) in [6.07, 6.45) is 2.52. The molecule has 0 rings (SSSR count). The Morgan fingerprint density at radius 3 is 2.45 bits per heavy atom. The predicted molar refractivity (Wildman–Crippen MR) is 47.6 cm³/mol. The van der Waals surface area contributed by atoms with Crippen molar-refractivity contribution in [2.45, 2.75) is 45.8 Å². The van der Waals surface area contributed by atoms with Crippen LogP contribution in [0.3, 0.4) is 0 Å². The lowest BCUT2D eigenvalue weighted by Gasteiger charge is -2.15. The molecule has 1 atom stereocenters. The second kappa shape index (κ2) is 4.34. The molecule has 1 unspecified atom stereocenters. The molecular formula is C8H18N2O. The molecule has 0 aromatic heterocycles. The molecule has 0 aliphatic rings. The van der Waals surface area contributed by atoms with Crippen LogP contribution in [-0.2, 0) is 4.84 Å². The van der Waals surface area contributed by atoms with Crippen LogP contribution in [0.1, 0.15) is 34.1 Å². The first-order chi connectivity index (χ1) is 4.95. The normalized spacial score (nSPS) is 15.4. The van der Waals surface area contributed by atoms with E-state index >= 15 is 0 Å². The first kappa shape index (κ1) is 10.4. The van der Waals surface area contributed by atoms with Crippen LogP contribution in [0.2, 0.25) is 0 Å². The zero-order valence-electron chi connectivity index (χ0n) is 7.79. The fourth-order valence-corrected chi connectivity index (χ4v) is 0.372. The summed E-state index contributed by atoms with van der Waals surface area (Å²) in [7, 11) is 0. The van der Waals surface area contributed by atoms with Gasteiger partial charge in [-0.3, -0.25) is 0 Å². The molecule has 0 aliphatic heterocycles. The lowest BCUT2D eigenvalue weighted by atomic mass is 10.2. The highest BCUT2D eigenvalue weighted by molar-refractivity contribution is 5.62. The Balaban J connectivity index is 3.60. The van der Waals surface area contributed by atoms with Crippen molar-refractivity contribution in [1.29, 1.82) is 0 Å². The van der Waals surface area contributed by atoms with Gasteiger partial charge in [0.05, 0.1) is 6.21 Å². The van der Waals surface area contributed by atoms with Gasteiger partial charge in [0.15, 0.2) is 0 Å². The van der Waals surface area contributed by atoms with Crippen LogP contribution in [-0.4, -0.2) is 17.9 Å². The number of rotatable bonds is 3. The molecule has 0 aromatic carbocycles. The monoisotopic (exact) mass is 158 g/mol. The Hall–Kier alpha value is -0.570. The van der Waals surface area contributed by atoms with Crippen LogP contribution in [0.25, 0.3) is 0 Å². The highest BCUT2D eigenvalue weighted by Crippen LogP contribution is 2.05. The topological polar surface area (TPSA) is 47.6 Å². The summed E-state index contributed by atoms with van der Waals surface area (Å²) in [5, 5.41) is 3.76. The highest BCUT2D eigenvalue weighted by Gasteiger charge is 2.09. The lowest BCUT2D eigenvalue weighted by molar-refractivity contribution is 0.00144. The first-order valence-corrected chi connectivity index (χ1v) is 3.93. The second-order valence-corrected chi connectivity index (χ2v) is 3.53. The van der Waals surface area contributed by atoms with E-state index in [-0.39, 0.29) is 11.6 Å². The number of hydrogen-bond acceptors (Lipinski definition) is 3. The highest BCUT2D eigenvalue weighted by atomic mass is 16.6. The Bertz CT molecular complexity index is 127. The van der Waals surface area contributed by atoms with E-state index in [1.165, 1.54) is 0 Å². The molecule has 0 saturated carbocycles. The molecule has 0 aromatic rings. The molecule has 66 valence electrons. The predicted octanol–water partition coefficient (Wildman–Crippen LogP) is 1.52. The third-order valence-electron chi connectivity index (χ3n) is 1.05. The average molecular weight is 158 g/mol. The van der Waals surface area contributed by atoms with E-state index in [1.807, 2.05) is 27.7 Å². The van der Waals surface area contributed by atoms with Crippen LogP contribution in [0, 0.1) is 0 Å². The zero-order valence-corrected chi connectivity index (χ0v) is 7.79. The van der Waals surface area contributed by atoms with Crippen molar-refractivity contribution in [3.8, 4) is 0 Å². The number of oxime groups is 1. The van der Waals surface area contributed by atoms with Crippen molar-refractivity contribution >= 4 is 6.21 Å². The summed E-state index contributed by atoms with van der Waals surface area (Å²) in [5.74, 6) is 0. The van der Waals surface area contributed by atoms with Crippen LogP contribution in [0.15, 0.2) is 5.16 Å². The molecule has 0 bridgehead atoms. The molecule has 0 saturated heterocycles. The van der Waals surface area contributed by atoms with Crippen molar-refractivity contribution < 1.29 is 4.84 Å². The molecule has 11 heavy (non-hydrogen) atoms. The molecule has 0 heterocycles. The van der Waals surface area contributed by atoms with Crippen molar-refractivity contribution in [2.75, 3.05) is 0 Å². The zero-order chi connectivity index (χ0) is 8.91. The van der Waals surface area contributed by atoms with E-state index < -0.39 is 0 Å². The average Bonchev–Trinajstić information content (AvgIpc) is 1.85. The fraction of sp³-hybridized carbons (Fsp3) is 0.875. The van der Waals surface area contributed by atoms with Gasteiger partial charge in [-0.25, -0.2) is 0 Å². The largest absolute Gasteiger partial charge is 0.390 e. The Morgan fingerprint density at radius 1 is 1.55 bits per heavy atom. The number of nitrogens with zero attached hydrogens (tertiary/aromatic N) is 1. The minimum atomic E-state index is -0.218. The molecule has 0 amide bonds. The van der Waals surface area contributed by atoms with Gasteiger partial charge < -0.3 is 10.6 Å². The van der Waals surface area contributed by atoms with Gasteiger partial charge >= 0.3 is 0 Å². The van der Waals surface area contributed by atoms with Gasteiger partial charge in [0.1, 0.15) is 5.60 Å². The van der Waals surface area contributed by atoms with Crippen LogP contribution in [0.5, 0.6) is 0 Å². The lowest BCUT2D eigenvalue weighted by Crippen LogP contribution is -2.22. The van der Waals surface area contributed by atoms with Crippen LogP contribution >= 0.6 is 0 Å². The van der Waals surface area contributed by atoms with Crippen molar-refractivity contribution in [1.82, 2.24) is 0 Å². The maximum absolute atomic E-state index is 5.57. The summed E-state index contributed by atoms with van der Waals surface area (Å²) in [4.78, 5) is 5.09. The summed E-state index contributed by atoms with van der Waals surface area (Å²) < 4.78 is 0. The van der Waals surface area contributed by atoms with Crippen molar-refractivity contribution in [2.24, 2.45) is 10.9 Å². The molecule has 3 heteroatoms. The molecule has 0 radical (unpaired) electrons. The molecule has 0 spiro atoms. The molecule has 2 N–H and O–H groups in total. The van der Waals surface area contributed by atoms with Crippen LogP contribution in [0.4, 0.5) is 0 Å². The van der Waals surface area contributed by atoms with E-state index in [0.29, 0.717) is 0 Å². The van der Waals surface area contributed by atoms with Gasteiger partial charge in [-0.2, -0.15) is 0 Å². The van der Waals surface area contributed by atoms with Gasteiger partial charge in [0, 0.05) is 6.04 Å². The molecule has 3 nitrogen and oxygen atoms in total. The van der Waals surface area contributed by atoms with Crippen molar-refractivity contribution in [3.05, 3.63) is 0 Å². The third-order valence-corrected chi connectivity index (χ3v) is 1.05. The van der Waals surface area contributed by atoms with Gasteiger partial charge in [-0.15, -0.1) is 0 Å². The fourth-order valence-electron chi connectivity index (χ4n) is 0.372. The van der Waals surface area contributed by atoms with Crippen LogP contribution < -0.4 is 5.73 Å². The Kier molecular flexibility index (Phi) is 4.11. The molecule has 0 fully saturated rings. The standard InChI is InChI=1S/C8H18N2O/c1-5-7(9)6-10-11-8(2,3)4/h6-7H,5,9H2,1-4H3. The Morgan fingerprint density at radius 2 is 2.09 bits per heavy atom. The first-order valence-electron chi connectivity index (χ1n) is 3.93. The van der Waals surface area contributed by atoms with E-state index in [0.717, 1.165) is 6.42 Å². The summed E-state index contributed by atoms with van der Waals surface area (Å²) in [6.45, 7) is 7.85. The SMILES string of the molecule is CCC(N)C=NOC(C)(C)C. The molecule has 0 aliphatic carbocycles. The smallest absolute Gasteiger partial charge is 0.129 e. The van der Waals surface area contributed by atoms with Gasteiger partial charge in [-0.1, -0.05) is 12.1 Å². The maximum atomic E-state index is 5.57. The minimum absolute atomic E-state index is 0.0114. The summed E-state index contributed by atoms with van der Waals surface area (Å²) >= 11 is 0.